The standard InChI is InChI=1S/C19H21N3O2S/c1-22-11-10-20-19(22)18(15-5-3-4-6-16(15)24-2)21-17(23)8-7-14-9-12-25-13-14/h3-6,9-13,18H,7-8H2,1-2H3,(H,21,23)/t18-/m1/s1. The average molecular weight is 355 g/mol. The molecule has 1 aromatic carbocycles. The Balaban J connectivity index is 1.82. The molecule has 2 aromatic heterocycles. The Bertz CT molecular complexity index is 827. The van der Waals surface area contributed by atoms with E-state index in [0.29, 0.717) is 6.42 Å². The molecule has 0 aliphatic rings. The van der Waals surface area contributed by atoms with Gasteiger partial charge in [0.05, 0.1) is 7.11 Å². The van der Waals surface area contributed by atoms with Crippen LogP contribution in [0.15, 0.2) is 53.5 Å². The first kappa shape index (κ1) is 17.2. The van der Waals surface area contributed by atoms with E-state index in [-0.39, 0.29) is 11.9 Å². The van der Waals surface area contributed by atoms with Gasteiger partial charge in [0.15, 0.2) is 0 Å². The van der Waals surface area contributed by atoms with Crippen LogP contribution in [0.2, 0.25) is 0 Å². The fourth-order valence-electron chi connectivity index (χ4n) is 2.77. The predicted octanol–water partition coefficient (Wildman–Crippen LogP) is 3.33. The second kappa shape index (κ2) is 7.98. The van der Waals surface area contributed by atoms with Crippen LogP contribution in [0, 0.1) is 0 Å². The predicted molar refractivity (Wildman–Crippen MR) is 98.8 cm³/mol. The van der Waals surface area contributed by atoms with Crippen LogP contribution in [-0.2, 0) is 18.3 Å². The second-order valence-electron chi connectivity index (χ2n) is 5.77. The molecule has 1 N–H and O–H groups in total. The Morgan fingerprint density at radius 3 is 2.88 bits per heavy atom. The first-order valence-corrected chi connectivity index (χ1v) is 9.04. The minimum atomic E-state index is -0.355. The van der Waals surface area contributed by atoms with Crippen molar-refractivity contribution in [3.63, 3.8) is 0 Å². The van der Waals surface area contributed by atoms with Crippen molar-refractivity contribution in [2.45, 2.75) is 18.9 Å². The molecule has 3 aromatic rings. The Morgan fingerprint density at radius 2 is 2.20 bits per heavy atom. The average Bonchev–Trinajstić information content (AvgIpc) is 3.29. The Morgan fingerprint density at radius 1 is 1.36 bits per heavy atom. The molecule has 1 atom stereocenters. The highest BCUT2D eigenvalue weighted by atomic mass is 32.1. The van der Waals surface area contributed by atoms with Crippen LogP contribution in [0.3, 0.4) is 0 Å². The maximum Gasteiger partial charge on any atom is 0.221 e. The number of para-hydroxylation sites is 1. The number of rotatable bonds is 7. The van der Waals surface area contributed by atoms with E-state index in [1.54, 1.807) is 24.6 Å². The van der Waals surface area contributed by atoms with E-state index >= 15 is 0 Å². The van der Waals surface area contributed by atoms with E-state index in [0.717, 1.165) is 23.6 Å². The number of imidazole rings is 1. The molecule has 0 fully saturated rings. The maximum absolute atomic E-state index is 12.5. The van der Waals surface area contributed by atoms with Crippen molar-refractivity contribution in [1.29, 1.82) is 0 Å². The molecule has 0 spiro atoms. The number of aromatic nitrogens is 2. The smallest absolute Gasteiger partial charge is 0.221 e. The Kier molecular flexibility index (Phi) is 5.50. The Labute approximate surface area is 151 Å². The summed E-state index contributed by atoms with van der Waals surface area (Å²) in [7, 11) is 3.55. The van der Waals surface area contributed by atoms with Crippen molar-refractivity contribution in [1.82, 2.24) is 14.9 Å². The first-order chi connectivity index (χ1) is 12.2. The molecule has 6 heteroatoms. The van der Waals surface area contributed by atoms with Gasteiger partial charge in [-0.2, -0.15) is 11.3 Å². The minimum absolute atomic E-state index is 0.00916. The number of amides is 1. The summed E-state index contributed by atoms with van der Waals surface area (Å²) in [6.07, 6.45) is 4.77. The third-order valence-corrected chi connectivity index (χ3v) is 4.82. The number of thiophene rings is 1. The largest absolute Gasteiger partial charge is 0.496 e. The van der Waals surface area contributed by atoms with E-state index in [4.69, 9.17) is 4.74 Å². The van der Waals surface area contributed by atoms with Crippen LogP contribution in [0.25, 0.3) is 0 Å². The maximum atomic E-state index is 12.5. The molecule has 3 rings (SSSR count). The number of benzene rings is 1. The molecule has 0 unspecified atom stereocenters. The summed E-state index contributed by atoms with van der Waals surface area (Å²) < 4.78 is 7.39. The van der Waals surface area contributed by atoms with Gasteiger partial charge in [0.1, 0.15) is 17.6 Å². The summed E-state index contributed by atoms with van der Waals surface area (Å²) in [6.45, 7) is 0. The highest BCUT2D eigenvalue weighted by Crippen LogP contribution is 2.29. The van der Waals surface area contributed by atoms with Gasteiger partial charge in [-0.1, -0.05) is 18.2 Å². The number of hydrogen-bond donors (Lipinski definition) is 1. The number of carbonyl (C=O) groups is 1. The van der Waals surface area contributed by atoms with Gasteiger partial charge in [-0.25, -0.2) is 4.98 Å². The normalized spacial score (nSPS) is 11.9. The zero-order valence-corrected chi connectivity index (χ0v) is 15.1. The molecule has 25 heavy (non-hydrogen) atoms. The van der Waals surface area contributed by atoms with Gasteiger partial charge in [-0.15, -0.1) is 0 Å². The zero-order valence-electron chi connectivity index (χ0n) is 14.3. The lowest BCUT2D eigenvalue weighted by atomic mass is 10.0. The summed E-state index contributed by atoms with van der Waals surface area (Å²) in [5, 5.41) is 7.21. The molecule has 0 radical (unpaired) electrons. The fraction of sp³-hybridized carbons (Fsp3) is 0.263. The van der Waals surface area contributed by atoms with Gasteiger partial charge in [0.2, 0.25) is 5.91 Å². The monoisotopic (exact) mass is 355 g/mol. The number of nitrogens with one attached hydrogen (secondary N) is 1. The highest BCUT2D eigenvalue weighted by Gasteiger charge is 2.23. The molecular formula is C19H21N3O2S. The quantitative estimate of drug-likeness (QED) is 0.707. The summed E-state index contributed by atoms with van der Waals surface area (Å²) in [4.78, 5) is 17.0. The van der Waals surface area contributed by atoms with Crippen molar-refractivity contribution in [3.8, 4) is 5.75 Å². The van der Waals surface area contributed by atoms with Crippen molar-refractivity contribution in [2.24, 2.45) is 7.05 Å². The van der Waals surface area contributed by atoms with Crippen LogP contribution in [-0.4, -0.2) is 22.6 Å². The SMILES string of the molecule is COc1ccccc1[C@@H](NC(=O)CCc1ccsc1)c1nccn1C. The van der Waals surface area contributed by atoms with Gasteiger partial charge in [0, 0.05) is 31.4 Å². The zero-order chi connectivity index (χ0) is 17.6. The van der Waals surface area contributed by atoms with Crippen LogP contribution in [0.5, 0.6) is 5.75 Å². The van der Waals surface area contributed by atoms with E-state index in [9.17, 15) is 4.79 Å². The molecule has 0 bridgehead atoms. The number of nitrogens with zero attached hydrogens (tertiary/aromatic N) is 2. The first-order valence-electron chi connectivity index (χ1n) is 8.09. The molecular weight excluding hydrogens is 334 g/mol. The van der Waals surface area contributed by atoms with Crippen molar-refractivity contribution < 1.29 is 9.53 Å². The summed E-state index contributed by atoms with van der Waals surface area (Å²) in [5.74, 6) is 1.49. The Hall–Kier alpha value is -2.60. The van der Waals surface area contributed by atoms with Gasteiger partial charge < -0.3 is 14.6 Å². The number of carbonyl (C=O) groups excluding carboxylic acids is 1. The number of methoxy groups -OCH3 is 1. The fourth-order valence-corrected chi connectivity index (χ4v) is 3.47. The molecule has 0 saturated carbocycles. The molecule has 0 aliphatic heterocycles. The van der Waals surface area contributed by atoms with E-state index in [1.807, 2.05) is 47.5 Å². The lowest BCUT2D eigenvalue weighted by Gasteiger charge is -2.21. The second-order valence-corrected chi connectivity index (χ2v) is 6.55. The van der Waals surface area contributed by atoms with Gasteiger partial charge in [0.25, 0.3) is 0 Å². The van der Waals surface area contributed by atoms with Crippen molar-refractivity contribution in [2.75, 3.05) is 7.11 Å². The minimum Gasteiger partial charge on any atom is -0.496 e. The van der Waals surface area contributed by atoms with E-state index < -0.39 is 0 Å². The number of ether oxygens (including phenoxy) is 1. The van der Waals surface area contributed by atoms with Crippen LogP contribution in [0.4, 0.5) is 0 Å². The van der Waals surface area contributed by atoms with Gasteiger partial charge in [-0.3, -0.25) is 4.79 Å². The molecule has 2 heterocycles. The third-order valence-electron chi connectivity index (χ3n) is 4.09. The molecule has 1 amide bonds. The molecule has 130 valence electrons. The van der Waals surface area contributed by atoms with Crippen molar-refractivity contribution >= 4 is 17.2 Å². The van der Waals surface area contributed by atoms with Gasteiger partial charge >= 0.3 is 0 Å². The topological polar surface area (TPSA) is 56.1 Å². The lowest BCUT2D eigenvalue weighted by Crippen LogP contribution is -2.31. The van der Waals surface area contributed by atoms with Crippen LogP contribution in [0.1, 0.15) is 29.4 Å². The van der Waals surface area contributed by atoms with Gasteiger partial charge in [-0.05, 0) is 34.9 Å². The van der Waals surface area contributed by atoms with Crippen LogP contribution < -0.4 is 10.1 Å². The van der Waals surface area contributed by atoms with Crippen LogP contribution >= 0.6 is 11.3 Å². The highest BCUT2D eigenvalue weighted by molar-refractivity contribution is 7.07. The molecule has 5 nitrogen and oxygen atoms in total. The third kappa shape index (κ3) is 4.09. The summed E-state index contributed by atoms with van der Waals surface area (Å²) >= 11 is 1.65. The lowest BCUT2D eigenvalue weighted by molar-refractivity contribution is -0.121. The summed E-state index contributed by atoms with van der Waals surface area (Å²) in [5.41, 5.74) is 2.08. The van der Waals surface area contributed by atoms with Crippen molar-refractivity contribution in [3.05, 3.63) is 70.4 Å². The molecule has 0 aliphatic carbocycles. The summed E-state index contributed by atoms with van der Waals surface area (Å²) in [6, 6.07) is 9.39. The molecule has 0 saturated heterocycles. The van der Waals surface area contributed by atoms with E-state index in [1.165, 1.54) is 5.56 Å². The number of hydrogen-bond acceptors (Lipinski definition) is 4. The van der Waals surface area contributed by atoms with E-state index in [2.05, 4.69) is 21.7 Å². The number of aryl methyl sites for hydroxylation is 2.